The van der Waals surface area contributed by atoms with E-state index in [1.54, 1.807) is 11.3 Å². The Hall–Kier alpha value is -0.390. The lowest BCUT2D eigenvalue weighted by atomic mass is 10.1. The number of carbonyl (C=O) groups excluding carboxylic acids is 1. The molecule has 0 aliphatic rings. The first-order valence-corrected chi connectivity index (χ1v) is 7.39. The van der Waals surface area contributed by atoms with Gasteiger partial charge in [-0.25, -0.2) is 0 Å². The number of carbonyl (C=O) groups is 1. The van der Waals surface area contributed by atoms with E-state index in [4.69, 9.17) is 5.73 Å². The van der Waals surface area contributed by atoms with Gasteiger partial charge >= 0.3 is 0 Å². The molecule has 0 saturated heterocycles. The quantitative estimate of drug-likeness (QED) is 0.876. The van der Waals surface area contributed by atoms with Crippen molar-refractivity contribution in [1.82, 2.24) is 4.90 Å². The third-order valence-corrected chi connectivity index (χ3v) is 4.24. The number of halogens is 1. The van der Waals surface area contributed by atoms with Crippen LogP contribution in [-0.4, -0.2) is 23.9 Å². The predicted octanol–water partition coefficient (Wildman–Crippen LogP) is 2.84. The molecule has 1 amide bonds. The number of amides is 1. The molecule has 3 nitrogen and oxygen atoms in total. The minimum Gasteiger partial charge on any atom is -0.338 e. The third-order valence-electron chi connectivity index (χ3n) is 2.64. The highest BCUT2D eigenvalue weighted by Crippen LogP contribution is 2.23. The summed E-state index contributed by atoms with van der Waals surface area (Å²) in [5.74, 6) is 0.446. The maximum Gasteiger partial charge on any atom is 0.223 e. The van der Waals surface area contributed by atoms with Crippen molar-refractivity contribution in [3.8, 4) is 0 Å². The molecule has 5 heteroatoms. The van der Waals surface area contributed by atoms with Gasteiger partial charge in [-0.05, 0) is 47.4 Å². The van der Waals surface area contributed by atoms with Gasteiger partial charge in [-0.15, -0.1) is 11.3 Å². The van der Waals surface area contributed by atoms with E-state index in [-0.39, 0.29) is 11.8 Å². The molecule has 0 aliphatic heterocycles. The van der Waals surface area contributed by atoms with Crippen LogP contribution in [0.5, 0.6) is 0 Å². The maximum absolute atomic E-state index is 12.0. The number of thiophene rings is 1. The predicted molar refractivity (Wildman–Crippen MR) is 75.9 cm³/mol. The van der Waals surface area contributed by atoms with E-state index in [9.17, 15) is 4.79 Å². The van der Waals surface area contributed by atoms with E-state index in [0.29, 0.717) is 19.5 Å². The summed E-state index contributed by atoms with van der Waals surface area (Å²) in [5.41, 5.74) is 5.54. The van der Waals surface area contributed by atoms with Gasteiger partial charge in [-0.3, -0.25) is 4.79 Å². The lowest BCUT2D eigenvalue weighted by Gasteiger charge is -2.21. The van der Waals surface area contributed by atoms with Crippen molar-refractivity contribution in [1.29, 1.82) is 0 Å². The summed E-state index contributed by atoms with van der Waals surface area (Å²) in [7, 11) is 0. The summed E-state index contributed by atoms with van der Waals surface area (Å²) < 4.78 is 1.10. The number of rotatable bonds is 6. The highest BCUT2D eigenvalue weighted by molar-refractivity contribution is 9.11. The fourth-order valence-corrected chi connectivity index (χ4v) is 3.01. The summed E-state index contributed by atoms with van der Waals surface area (Å²) in [6.45, 7) is 6.02. The minimum absolute atomic E-state index is 0.190. The van der Waals surface area contributed by atoms with Gasteiger partial charge < -0.3 is 10.6 Å². The Morgan fingerprint density at radius 2 is 2.29 bits per heavy atom. The summed E-state index contributed by atoms with van der Waals surface area (Å²) in [4.78, 5) is 15.1. The first-order chi connectivity index (χ1) is 8.06. The minimum atomic E-state index is 0.190. The van der Waals surface area contributed by atoms with Crippen molar-refractivity contribution in [2.45, 2.75) is 26.8 Å². The van der Waals surface area contributed by atoms with Crippen LogP contribution in [0.2, 0.25) is 0 Å². The van der Waals surface area contributed by atoms with Crippen molar-refractivity contribution < 1.29 is 4.79 Å². The second-order valence-corrected chi connectivity index (χ2v) is 6.71. The molecule has 1 heterocycles. The van der Waals surface area contributed by atoms with Crippen LogP contribution in [0.3, 0.4) is 0 Å². The Morgan fingerprint density at radius 1 is 1.59 bits per heavy atom. The molecule has 17 heavy (non-hydrogen) atoms. The normalized spacial score (nSPS) is 12.5. The van der Waals surface area contributed by atoms with Gasteiger partial charge in [0.2, 0.25) is 5.91 Å². The molecule has 0 spiro atoms. The molecule has 1 rings (SSSR count). The van der Waals surface area contributed by atoms with Gasteiger partial charge in [0.1, 0.15) is 0 Å². The van der Waals surface area contributed by atoms with Crippen LogP contribution < -0.4 is 5.73 Å². The van der Waals surface area contributed by atoms with Crippen LogP contribution >= 0.6 is 27.3 Å². The first-order valence-electron chi connectivity index (χ1n) is 5.78. The Bertz CT molecular complexity index is 367. The fourth-order valence-electron chi connectivity index (χ4n) is 1.51. The number of nitrogens with two attached hydrogens (primary N) is 1. The Labute approximate surface area is 115 Å². The summed E-state index contributed by atoms with van der Waals surface area (Å²) in [6, 6.07) is 4.07. The van der Waals surface area contributed by atoms with Gasteiger partial charge in [-0.1, -0.05) is 6.92 Å². The van der Waals surface area contributed by atoms with Crippen molar-refractivity contribution in [2.24, 2.45) is 11.7 Å². The summed E-state index contributed by atoms with van der Waals surface area (Å²) >= 11 is 5.10. The molecular weight excluding hydrogens is 300 g/mol. The van der Waals surface area contributed by atoms with Gasteiger partial charge in [0.05, 0.1) is 10.3 Å². The Kier molecular flexibility index (Phi) is 6.16. The molecule has 2 N–H and O–H groups in total. The van der Waals surface area contributed by atoms with Gasteiger partial charge in [0.25, 0.3) is 0 Å². The molecule has 0 fully saturated rings. The van der Waals surface area contributed by atoms with Gasteiger partial charge in [0.15, 0.2) is 0 Å². The smallest absolute Gasteiger partial charge is 0.223 e. The van der Waals surface area contributed by atoms with E-state index >= 15 is 0 Å². The number of hydrogen-bond donors (Lipinski definition) is 1. The Morgan fingerprint density at radius 3 is 2.76 bits per heavy atom. The van der Waals surface area contributed by atoms with Crippen LogP contribution in [0.1, 0.15) is 25.1 Å². The number of hydrogen-bond acceptors (Lipinski definition) is 3. The molecule has 1 aromatic rings. The van der Waals surface area contributed by atoms with Crippen LogP contribution in [-0.2, 0) is 11.3 Å². The molecule has 1 atom stereocenters. The zero-order valence-electron chi connectivity index (χ0n) is 10.3. The standard InChI is InChI=1S/C12H19BrN2OS/c1-3-15(12(16)6-9(2)7-14)8-10-4-5-11(13)17-10/h4-5,9H,3,6-8,14H2,1-2H3. The molecule has 0 aromatic carbocycles. The second-order valence-electron chi connectivity index (χ2n) is 4.16. The van der Waals surface area contributed by atoms with Crippen LogP contribution in [0, 0.1) is 5.92 Å². The van der Waals surface area contributed by atoms with Crippen LogP contribution in [0.15, 0.2) is 15.9 Å². The van der Waals surface area contributed by atoms with Gasteiger partial charge in [-0.2, -0.15) is 0 Å². The van der Waals surface area contributed by atoms with Crippen molar-refractivity contribution in [3.63, 3.8) is 0 Å². The summed E-state index contributed by atoms with van der Waals surface area (Å²) in [5, 5.41) is 0. The third kappa shape index (κ3) is 4.77. The molecule has 1 aromatic heterocycles. The molecule has 96 valence electrons. The molecule has 0 radical (unpaired) electrons. The molecule has 0 aliphatic carbocycles. The zero-order valence-corrected chi connectivity index (χ0v) is 12.7. The molecule has 0 saturated carbocycles. The van der Waals surface area contributed by atoms with E-state index in [1.807, 2.05) is 24.8 Å². The van der Waals surface area contributed by atoms with E-state index in [1.165, 1.54) is 4.88 Å². The lowest BCUT2D eigenvalue weighted by Crippen LogP contribution is -2.32. The van der Waals surface area contributed by atoms with E-state index in [2.05, 4.69) is 22.0 Å². The highest BCUT2D eigenvalue weighted by atomic mass is 79.9. The maximum atomic E-state index is 12.0. The largest absolute Gasteiger partial charge is 0.338 e. The number of nitrogens with zero attached hydrogens (tertiary/aromatic N) is 1. The highest BCUT2D eigenvalue weighted by Gasteiger charge is 2.15. The molecule has 0 bridgehead atoms. The zero-order chi connectivity index (χ0) is 12.8. The summed E-state index contributed by atoms with van der Waals surface area (Å²) in [6.07, 6.45) is 0.539. The van der Waals surface area contributed by atoms with Crippen molar-refractivity contribution in [3.05, 3.63) is 20.8 Å². The monoisotopic (exact) mass is 318 g/mol. The SMILES string of the molecule is CCN(Cc1ccc(Br)s1)C(=O)CC(C)CN. The average Bonchev–Trinajstić information content (AvgIpc) is 2.71. The van der Waals surface area contributed by atoms with Crippen molar-refractivity contribution in [2.75, 3.05) is 13.1 Å². The van der Waals surface area contributed by atoms with E-state index in [0.717, 1.165) is 10.3 Å². The molecular formula is C12H19BrN2OS. The lowest BCUT2D eigenvalue weighted by molar-refractivity contribution is -0.132. The second kappa shape index (κ2) is 7.13. The molecule has 1 unspecified atom stereocenters. The van der Waals surface area contributed by atoms with Crippen LogP contribution in [0.25, 0.3) is 0 Å². The van der Waals surface area contributed by atoms with E-state index < -0.39 is 0 Å². The van der Waals surface area contributed by atoms with Gasteiger partial charge in [0, 0.05) is 17.8 Å². The fraction of sp³-hybridized carbons (Fsp3) is 0.583. The van der Waals surface area contributed by atoms with Crippen molar-refractivity contribution >= 4 is 33.2 Å². The first kappa shape index (κ1) is 14.7. The Balaban J connectivity index is 2.56. The average molecular weight is 319 g/mol. The van der Waals surface area contributed by atoms with Crippen LogP contribution in [0.4, 0.5) is 0 Å². The topological polar surface area (TPSA) is 46.3 Å².